The standard InChI is InChI=1S/C14H18N4O2S/c19-17-15-9-11-1-5-13(6-2-11)21-14-7-3-12(4-8-14)10-16-18-20/h1-8,15-20H,9-10H2. The average Bonchev–Trinajstić information content (AvgIpc) is 2.53. The van der Waals surface area contributed by atoms with Gasteiger partial charge in [-0.1, -0.05) is 36.0 Å². The van der Waals surface area contributed by atoms with Crippen molar-refractivity contribution in [1.29, 1.82) is 0 Å². The first-order valence-corrected chi connectivity index (χ1v) is 7.23. The molecule has 0 aliphatic rings. The van der Waals surface area contributed by atoms with Crippen LogP contribution in [0.1, 0.15) is 11.1 Å². The van der Waals surface area contributed by atoms with E-state index in [1.807, 2.05) is 59.7 Å². The Hall–Kier alpha value is -1.45. The molecule has 2 rings (SSSR count). The van der Waals surface area contributed by atoms with Gasteiger partial charge in [0.15, 0.2) is 0 Å². The maximum Gasteiger partial charge on any atom is 0.0372 e. The molecule has 2 aromatic rings. The van der Waals surface area contributed by atoms with E-state index >= 15 is 0 Å². The van der Waals surface area contributed by atoms with E-state index in [0.29, 0.717) is 13.1 Å². The van der Waals surface area contributed by atoms with Crippen molar-refractivity contribution in [2.24, 2.45) is 0 Å². The predicted molar refractivity (Wildman–Crippen MR) is 80.5 cm³/mol. The van der Waals surface area contributed by atoms with E-state index in [-0.39, 0.29) is 0 Å². The van der Waals surface area contributed by atoms with Gasteiger partial charge < -0.3 is 10.4 Å². The molecule has 21 heavy (non-hydrogen) atoms. The zero-order valence-corrected chi connectivity index (χ0v) is 12.2. The van der Waals surface area contributed by atoms with Gasteiger partial charge in [-0.3, -0.25) is 0 Å². The molecule has 0 amide bonds. The number of rotatable bonds is 8. The zero-order valence-electron chi connectivity index (χ0n) is 11.3. The summed E-state index contributed by atoms with van der Waals surface area (Å²) in [5.74, 6) is 0. The maximum atomic E-state index is 8.47. The molecule has 0 saturated carbocycles. The van der Waals surface area contributed by atoms with Crippen LogP contribution >= 0.6 is 11.8 Å². The summed E-state index contributed by atoms with van der Waals surface area (Å²) in [6.45, 7) is 1.12. The molecule has 0 unspecified atom stereocenters. The Bertz CT molecular complexity index is 484. The molecule has 0 spiro atoms. The summed E-state index contributed by atoms with van der Waals surface area (Å²) in [6.07, 6.45) is 0. The third-order valence-electron chi connectivity index (χ3n) is 2.83. The Morgan fingerprint density at radius 3 is 1.38 bits per heavy atom. The molecular weight excluding hydrogens is 288 g/mol. The van der Waals surface area contributed by atoms with Gasteiger partial charge in [0.2, 0.25) is 0 Å². The number of hydrazine groups is 2. The number of nitrogens with one attached hydrogen (secondary N) is 4. The lowest BCUT2D eigenvalue weighted by Crippen LogP contribution is -2.27. The van der Waals surface area contributed by atoms with Crippen molar-refractivity contribution in [3.05, 3.63) is 59.7 Å². The molecule has 7 heteroatoms. The van der Waals surface area contributed by atoms with Crippen LogP contribution < -0.4 is 22.0 Å². The van der Waals surface area contributed by atoms with Gasteiger partial charge in [0.1, 0.15) is 0 Å². The molecule has 6 nitrogen and oxygen atoms in total. The molecular formula is C14H18N4O2S. The summed E-state index contributed by atoms with van der Waals surface area (Å²) in [5, 5.41) is 16.9. The van der Waals surface area contributed by atoms with Gasteiger partial charge in [-0.05, 0) is 35.4 Å². The molecule has 0 bridgehead atoms. The minimum absolute atomic E-state index is 0.558. The van der Waals surface area contributed by atoms with Crippen LogP contribution in [0.2, 0.25) is 0 Å². The van der Waals surface area contributed by atoms with Crippen molar-refractivity contribution in [2.75, 3.05) is 0 Å². The molecule has 0 aliphatic heterocycles. The Kier molecular flexibility index (Phi) is 6.64. The minimum atomic E-state index is 0.558. The van der Waals surface area contributed by atoms with Crippen LogP contribution in [0.4, 0.5) is 0 Å². The number of hydrogen-bond acceptors (Lipinski definition) is 7. The first-order valence-electron chi connectivity index (χ1n) is 6.41. The number of hydrogen-bond donors (Lipinski definition) is 6. The normalized spacial score (nSPS) is 10.8. The van der Waals surface area contributed by atoms with E-state index in [4.69, 9.17) is 10.4 Å². The first-order chi connectivity index (χ1) is 10.3. The summed E-state index contributed by atoms with van der Waals surface area (Å²) in [4.78, 5) is 2.30. The van der Waals surface area contributed by atoms with Gasteiger partial charge in [0.05, 0.1) is 0 Å². The smallest absolute Gasteiger partial charge is 0.0372 e. The highest BCUT2D eigenvalue weighted by Crippen LogP contribution is 2.27. The molecule has 2 aromatic carbocycles. The van der Waals surface area contributed by atoms with Gasteiger partial charge in [-0.25, -0.2) is 10.9 Å². The van der Waals surface area contributed by atoms with Crippen LogP contribution in [0.3, 0.4) is 0 Å². The van der Waals surface area contributed by atoms with E-state index in [9.17, 15) is 0 Å². The largest absolute Gasteiger partial charge is 0.302 e. The molecule has 112 valence electrons. The second-order valence-corrected chi connectivity index (χ2v) is 5.47. The highest BCUT2D eigenvalue weighted by atomic mass is 32.2. The van der Waals surface area contributed by atoms with Crippen LogP contribution in [-0.4, -0.2) is 10.4 Å². The molecule has 0 atom stereocenters. The van der Waals surface area contributed by atoms with Crippen molar-refractivity contribution in [1.82, 2.24) is 22.0 Å². The van der Waals surface area contributed by atoms with Crippen LogP contribution in [0, 0.1) is 0 Å². The van der Waals surface area contributed by atoms with Gasteiger partial charge in [-0.15, -0.1) is 11.2 Å². The van der Waals surface area contributed by atoms with Crippen molar-refractivity contribution >= 4 is 11.8 Å². The molecule has 0 radical (unpaired) electrons. The quantitative estimate of drug-likeness (QED) is 0.415. The summed E-state index contributed by atoms with van der Waals surface area (Å²) in [6, 6.07) is 16.2. The molecule has 0 fully saturated rings. The van der Waals surface area contributed by atoms with E-state index < -0.39 is 0 Å². The fourth-order valence-electron chi connectivity index (χ4n) is 1.77. The SMILES string of the molecule is ONNCc1ccc(Sc2ccc(CNNO)cc2)cc1. The Labute approximate surface area is 127 Å². The Balaban J connectivity index is 1.91. The second-order valence-electron chi connectivity index (χ2n) is 4.32. The lowest BCUT2D eigenvalue weighted by atomic mass is 10.2. The van der Waals surface area contributed by atoms with Crippen LogP contribution in [-0.2, 0) is 13.1 Å². The first kappa shape index (κ1) is 15.9. The monoisotopic (exact) mass is 306 g/mol. The zero-order chi connectivity index (χ0) is 14.9. The fourth-order valence-corrected chi connectivity index (χ4v) is 2.59. The van der Waals surface area contributed by atoms with Crippen molar-refractivity contribution in [2.45, 2.75) is 22.9 Å². The van der Waals surface area contributed by atoms with Crippen molar-refractivity contribution in [3.63, 3.8) is 0 Å². The highest BCUT2D eigenvalue weighted by Gasteiger charge is 1.99. The van der Waals surface area contributed by atoms with Gasteiger partial charge in [0.25, 0.3) is 0 Å². The van der Waals surface area contributed by atoms with E-state index in [1.165, 1.54) is 0 Å². The minimum Gasteiger partial charge on any atom is -0.302 e. The van der Waals surface area contributed by atoms with E-state index in [2.05, 4.69) is 10.9 Å². The van der Waals surface area contributed by atoms with Crippen LogP contribution in [0.5, 0.6) is 0 Å². The molecule has 0 aliphatic carbocycles. The van der Waals surface area contributed by atoms with Crippen molar-refractivity contribution < 1.29 is 10.4 Å². The summed E-state index contributed by atoms with van der Waals surface area (Å²) in [5.41, 5.74) is 11.2. The van der Waals surface area contributed by atoms with Gasteiger partial charge in [0, 0.05) is 22.9 Å². The molecule has 0 saturated heterocycles. The summed E-state index contributed by atoms with van der Waals surface area (Å²) >= 11 is 1.68. The highest BCUT2D eigenvalue weighted by molar-refractivity contribution is 7.99. The lowest BCUT2D eigenvalue weighted by Gasteiger charge is -2.06. The number of benzene rings is 2. The van der Waals surface area contributed by atoms with Crippen LogP contribution in [0.15, 0.2) is 58.3 Å². The van der Waals surface area contributed by atoms with E-state index in [0.717, 1.165) is 20.9 Å². The predicted octanol–water partition coefficient (Wildman–Crippen LogP) is 1.80. The maximum absolute atomic E-state index is 8.47. The van der Waals surface area contributed by atoms with Gasteiger partial charge >= 0.3 is 0 Å². The topological polar surface area (TPSA) is 88.6 Å². The van der Waals surface area contributed by atoms with Crippen molar-refractivity contribution in [3.8, 4) is 0 Å². The third-order valence-corrected chi connectivity index (χ3v) is 3.84. The summed E-state index contributed by atoms with van der Waals surface area (Å²) < 4.78 is 0. The van der Waals surface area contributed by atoms with Crippen LogP contribution in [0.25, 0.3) is 0 Å². The Morgan fingerprint density at radius 1 is 0.667 bits per heavy atom. The molecule has 6 N–H and O–H groups in total. The second kappa shape index (κ2) is 8.75. The average molecular weight is 306 g/mol. The van der Waals surface area contributed by atoms with Gasteiger partial charge in [-0.2, -0.15) is 0 Å². The molecule has 0 heterocycles. The van der Waals surface area contributed by atoms with E-state index in [1.54, 1.807) is 11.8 Å². The Morgan fingerprint density at radius 2 is 1.05 bits per heavy atom. The summed E-state index contributed by atoms with van der Waals surface area (Å²) in [7, 11) is 0. The molecule has 0 aromatic heterocycles. The lowest BCUT2D eigenvalue weighted by molar-refractivity contribution is 0.118. The third kappa shape index (κ3) is 5.44. The fraction of sp³-hybridized carbons (Fsp3) is 0.143.